The third-order valence-corrected chi connectivity index (χ3v) is 4.46. The third-order valence-electron chi connectivity index (χ3n) is 3.34. The lowest BCUT2D eigenvalue weighted by Gasteiger charge is -2.09. The highest BCUT2D eigenvalue weighted by Crippen LogP contribution is 2.34. The first-order chi connectivity index (χ1) is 11.0. The number of rotatable bonds is 7. The number of nitro groups is 1. The minimum absolute atomic E-state index is 0.0873. The third kappa shape index (κ3) is 4.61. The maximum atomic E-state index is 11.5. The molecule has 1 amide bonds. The van der Waals surface area contributed by atoms with Gasteiger partial charge >= 0.3 is 0 Å². The molecule has 122 valence electrons. The summed E-state index contributed by atoms with van der Waals surface area (Å²) in [5.74, 6) is 0.0873. The number of thiophene rings is 1. The second-order valence-electron chi connectivity index (χ2n) is 5.26. The van der Waals surface area contributed by atoms with Crippen molar-refractivity contribution in [3.8, 4) is 10.4 Å². The molecule has 2 aromatic rings. The van der Waals surface area contributed by atoms with Crippen LogP contribution in [0.15, 0.2) is 36.4 Å². The van der Waals surface area contributed by atoms with Gasteiger partial charge in [0.25, 0.3) is 5.69 Å². The molecule has 6 nitrogen and oxygen atoms in total. The number of nitrogens with one attached hydrogen (secondary N) is 1. The fraction of sp³-hybridized carbons (Fsp3) is 0.312. The Labute approximate surface area is 138 Å². The van der Waals surface area contributed by atoms with Crippen LogP contribution in [-0.2, 0) is 11.3 Å². The molecule has 1 N–H and O–H groups in total. The first-order valence-electron chi connectivity index (χ1n) is 7.22. The van der Waals surface area contributed by atoms with Crippen LogP contribution >= 0.6 is 11.3 Å². The molecule has 1 heterocycles. The summed E-state index contributed by atoms with van der Waals surface area (Å²) in [5, 5.41) is 14.3. The zero-order chi connectivity index (χ0) is 16.8. The molecule has 7 heteroatoms. The van der Waals surface area contributed by atoms with Crippen molar-refractivity contribution in [2.45, 2.75) is 13.0 Å². The predicted molar refractivity (Wildman–Crippen MR) is 91.4 cm³/mol. The Morgan fingerprint density at radius 1 is 1.26 bits per heavy atom. The summed E-state index contributed by atoms with van der Waals surface area (Å²) >= 11 is 1.52. The highest BCUT2D eigenvalue weighted by atomic mass is 32.1. The topological polar surface area (TPSA) is 75.5 Å². The molecule has 0 spiro atoms. The van der Waals surface area contributed by atoms with Gasteiger partial charge in [0.15, 0.2) is 0 Å². The monoisotopic (exact) mass is 333 g/mol. The Hall–Kier alpha value is -2.25. The molecule has 0 saturated carbocycles. The van der Waals surface area contributed by atoms with E-state index in [1.54, 1.807) is 37.2 Å². The highest BCUT2D eigenvalue weighted by Gasteiger charge is 2.15. The van der Waals surface area contributed by atoms with Gasteiger partial charge in [0, 0.05) is 49.4 Å². The molecule has 0 saturated heterocycles. The molecule has 0 unspecified atom stereocenters. The minimum Gasteiger partial charge on any atom is -0.349 e. The SMILES string of the molecule is CN(C)C(=O)CCNCc1ccc(-c2ccccc2[N+](=O)[O-])s1. The lowest BCUT2D eigenvalue weighted by molar-refractivity contribution is -0.384. The van der Waals surface area contributed by atoms with E-state index in [0.717, 1.165) is 9.75 Å². The molecule has 1 aromatic heterocycles. The van der Waals surface area contributed by atoms with Crippen molar-refractivity contribution >= 4 is 22.9 Å². The van der Waals surface area contributed by atoms with Crippen LogP contribution in [0.4, 0.5) is 5.69 Å². The summed E-state index contributed by atoms with van der Waals surface area (Å²) in [5.41, 5.74) is 0.752. The molecule has 0 atom stereocenters. The summed E-state index contributed by atoms with van der Waals surface area (Å²) in [6, 6.07) is 10.6. The lowest BCUT2D eigenvalue weighted by Crippen LogP contribution is -2.26. The number of para-hydroxylation sites is 1. The van der Waals surface area contributed by atoms with Crippen LogP contribution in [-0.4, -0.2) is 36.4 Å². The second-order valence-corrected chi connectivity index (χ2v) is 6.42. The summed E-state index contributed by atoms with van der Waals surface area (Å²) < 4.78 is 0. The number of nitrogens with zero attached hydrogens (tertiary/aromatic N) is 2. The Bertz CT molecular complexity index is 697. The van der Waals surface area contributed by atoms with Crippen molar-refractivity contribution < 1.29 is 9.72 Å². The molecule has 1 aromatic carbocycles. The van der Waals surface area contributed by atoms with Gasteiger partial charge in [-0.2, -0.15) is 0 Å². The van der Waals surface area contributed by atoms with Gasteiger partial charge < -0.3 is 10.2 Å². The van der Waals surface area contributed by atoms with E-state index in [4.69, 9.17) is 0 Å². The molecular formula is C16H19N3O3S. The van der Waals surface area contributed by atoms with E-state index in [9.17, 15) is 14.9 Å². The molecule has 2 rings (SSSR count). The molecule has 0 aliphatic carbocycles. The molecule has 0 bridgehead atoms. The molecule has 0 radical (unpaired) electrons. The van der Waals surface area contributed by atoms with Crippen LogP contribution < -0.4 is 5.32 Å². The summed E-state index contributed by atoms with van der Waals surface area (Å²) in [6.07, 6.45) is 0.454. The van der Waals surface area contributed by atoms with Crippen molar-refractivity contribution in [3.05, 3.63) is 51.4 Å². The van der Waals surface area contributed by atoms with Gasteiger partial charge in [-0.3, -0.25) is 14.9 Å². The zero-order valence-corrected chi connectivity index (χ0v) is 13.9. The average molecular weight is 333 g/mol. The molecule has 0 aliphatic rings. The fourth-order valence-corrected chi connectivity index (χ4v) is 3.10. The summed E-state index contributed by atoms with van der Waals surface area (Å²) in [4.78, 5) is 25.7. The Balaban J connectivity index is 1.96. The van der Waals surface area contributed by atoms with Crippen LogP contribution in [0.1, 0.15) is 11.3 Å². The van der Waals surface area contributed by atoms with Crippen LogP contribution in [0.2, 0.25) is 0 Å². The molecule has 23 heavy (non-hydrogen) atoms. The van der Waals surface area contributed by atoms with E-state index in [0.29, 0.717) is 25.1 Å². The van der Waals surface area contributed by atoms with Gasteiger partial charge in [-0.05, 0) is 18.2 Å². The number of carbonyl (C=O) groups excluding carboxylic acids is 1. The number of benzene rings is 1. The lowest BCUT2D eigenvalue weighted by atomic mass is 10.1. The molecular weight excluding hydrogens is 314 g/mol. The van der Waals surface area contributed by atoms with Gasteiger partial charge in [0.05, 0.1) is 10.5 Å². The van der Waals surface area contributed by atoms with Crippen molar-refractivity contribution in [2.75, 3.05) is 20.6 Å². The first kappa shape index (κ1) is 17.1. The minimum atomic E-state index is -0.361. The first-order valence-corrected chi connectivity index (χ1v) is 8.04. The smallest absolute Gasteiger partial charge is 0.278 e. The summed E-state index contributed by atoms with van der Waals surface area (Å²) in [6.45, 7) is 1.25. The largest absolute Gasteiger partial charge is 0.349 e. The van der Waals surface area contributed by atoms with E-state index in [1.165, 1.54) is 17.4 Å². The van der Waals surface area contributed by atoms with Gasteiger partial charge in [-0.1, -0.05) is 12.1 Å². The van der Waals surface area contributed by atoms with Crippen LogP contribution in [0.5, 0.6) is 0 Å². The average Bonchev–Trinajstić information content (AvgIpc) is 2.99. The van der Waals surface area contributed by atoms with Crippen LogP contribution in [0, 0.1) is 10.1 Å². The van der Waals surface area contributed by atoms with Gasteiger partial charge in [-0.15, -0.1) is 11.3 Å². The number of amides is 1. The van der Waals surface area contributed by atoms with E-state index in [1.807, 2.05) is 12.1 Å². The molecule has 0 aliphatic heterocycles. The van der Waals surface area contributed by atoms with E-state index in [-0.39, 0.29) is 16.5 Å². The standard InChI is InChI=1S/C16H19N3O3S/c1-18(2)16(20)9-10-17-11-12-7-8-15(23-12)13-5-3-4-6-14(13)19(21)22/h3-8,17H,9-11H2,1-2H3. The van der Waals surface area contributed by atoms with Crippen LogP contribution in [0.3, 0.4) is 0 Å². The Kier molecular flexibility index (Phi) is 5.84. The van der Waals surface area contributed by atoms with E-state index < -0.39 is 0 Å². The Morgan fingerprint density at radius 2 is 2.00 bits per heavy atom. The number of nitro benzene ring substituents is 1. The van der Waals surface area contributed by atoms with Crippen molar-refractivity contribution in [2.24, 2.45) is 0 Å². The number of carbonyl (C=O) groups is 1. The molecule has 0 fully saturated rings. The number of hydrogen-bond donors (Lipinski definition) is 1. The van der Waals surface area contributed by atoms with Crippen LogP contribution in [0.25, 0.3) is 10.4 Å². The second kappa shape index (κ2) is 7.85. The van der Waals surface area contributed by atoms with E-state index >= 15 is 0 Å². The maximum absolute atomic E-state index is 11.5. The van der Waals surface area contributed by atoms with Gasteiger partial charge in [0.2, 0.25) is 5.91 Å². The van der Waals surface area contributed by atoms with Crippen molar-refractivity contribution in [1.29, 1.82) is 0 Å². The Morgan fingerprint density at radius 3 is 2.70 bits per heavy atom. The van der Waals surface area contributed by atoms with Crippen molar-refractivity contribution in [3.63, 3.8) is 0 Å². The zero-order valence-electron chi connectivity index (χ0n) is 13.1. The normalized spacial score (nSPS) is 10.5. The van der Waals surface area contributed by atoms with Gasteiger partial charge in [-0.25, -0.2) is 0 Å². The number of hydrogen-bond acceptors (Lipinski definition) is 5. The fourth-order valence-electron chi connectivity index (χ4n) is 2.09. The highest BCUT2D eigenvalue weighted by molar-refractivity contribution is 7.15. The predicted octanol–water partition coefficient (Wildman–Crippen LogP) is 2.89. The maximum Gasteiger partial charge on any atom is 0.278 e. The summed E-state index contributed by atoms with van der Waals surface area (Å²) in [7, 11) is 3.47. The van der Waals surface area contributed by atoms with E-state index in [2.05, 4.69) is 5.32 Å². The quantitative estimate of drug-likeness (QED) is 0.480. The van der Waals surface area contributed by atoms with Gasteiger partial charge in [0.1, 0.15) is 0 Å². The van der Waals surface area contributed by atoms with Crippen molar-refractivity contribution in [1.82, 2.24) is 10.2 Å².